The van der Waals surface area contributed by atoms with Gasteiger partial charge in [0.1, 0.15) is 35.0 Å². The fourth-order valence-corrected chi connectivity index (χ4v) is 6.53. The summed E-state index contributed by atoms with van der Waals surface area (Å²) in [6.45, 7) is 1.76. The summed E-state index contributed by atoms with van der Waals surface area (Å²) in [6.07, 6.45) is 3.11. The molecule has 16 heteroatoms. The molecule has 1 aliphatic heterocycles. The van der Waals surface area contributed by atoms with Crippen molar-refractivity contribution in [3.05, 3.63) is 95.1 Å². The van der Waals surface area contributed by atoms with Crippen LogP contribution in [0.5, 0.6) is 5.75 Å². The number of aromatic amines is 1. The van der Waals surface area contributed by atoms with Gasteiger partial charge in [-0.1, -0.05) is 17.3 Å². The lowest BCUT2D eigenvalue weighted by molar-refractivity contribution is -0.139. The quantitative estimate of drug-likeness (QED) is 0.0792. The third-order valence-electron chi connectivity index (χ3n) is 8.42. The topological polar surface area (TPSA) is 165 Å². The number of anilines is 1. The summed E-state index contributed by atoms with van der Waals surface area (Å²) in [5.41, 5.74) is 0.543. The Morgan fingerprint density at radius 3 is 2.62 bits per heavy atom. The number of aryl methyl sites for hydroxylation is 1. The van der Waals surface area contributed by atoms with Crippen molar-refractivity contribution in [2.75, 3.05) is 24.1 Å². The van der Waals surface area contributed by atoms with Gasteiger partial charge in [0.05, 0.1) is 35.7 Å². The van der Waals surface area contributed by atoms with E-state index in [1.54, 1.807) is 49.5 Å². The second kappa shape index (κ2) is 14.8. The Morgan fingerprint density at radius 1 is 1.18 bits per heavy atom. The number of carboxylic acid groups (broad SMARTS) is 1. The van der Waals surface area contributed by atoms with Crippen LogP contribution in [-0.2, 0) is 16.1 Å². The van der Waals surface area contributed by atoms with Crippen LogP contribution in [-0.4, -0.2) is 71.6 Å². The molecule has 0 saturated carbocycles. The van der Waals surface area contributed by atoms with Gasteiger partial charge in [-0.15, -0.1) is 0 Å². The van der Waals surface area contributed by atoms with Crippen LogP contribution < -0.4 is 9.15 Å². The van der Waals surface area contributed by atoms with Gasteiger partial charge in [-0.25, -0.2) is 27.6 Å². The number of carbonyl (C=O) groups excluding carboxylic acids is 1. The molecular weight excluding hydrogens is 679 g/mol. The first-order valence-corrected chi connectivity index (χ1v) is 16.7. The molecule has 0 bridgehead atoms. The van der Waals surface area contributed by atoms with E-state index < -0.39 is 58.0 Å². The van der Waals surface area contributed by atoms with E-state index in [-0.39, 0.29) is 36.1 Å². The van der Waals surface area contributed by atoms with Crippen molar-refractivity contribution >= 4 is 39.7 Å². The van der Waals surface area contributed by atoms with Crippen LogP contribution in [0.1, 0.15) is 59.0 Å². The Kier molecular flexibility index (Phi) is 10.3. The number of aliphatic carboxylic acids is 1. The summed E-state index contributed by atoms with van der Waals surface area (Å²) in [7, 11) is 0. The number of alkyl halides is 1. The van der Waals surface area contributed by atoms with Gasteiger partial charge in [-0.2, -0.15) is 0 Å². The number of hydrogen-bond acceptors (Lipinski definition) is 9. The molecule has 50 heavy (non-hydrogen) atoms. The van der Waals surface area contributed by atoms with E-state index in [1.807, 2.05) is 0 Å². The number of carboxylic acids is 1. The average Bonchev–Trinajstić information content (AvgIpc) is 3.83. The van der Waals surface area contributed by atoms with E-state index in [9.17, 15) is 27.8 Å². The zero-order valence-electron chi connectivity index (χ0n) is 26.6. The Bertz CT molecular complexity index is 2050. The normalized spacial score (nSPS) is 16.1. The second-order valence-corrected chi connectivity index (χ2v) is 12.6. The summed E-state index contributed by atoms with van der Waals surface area (Å²) in [5.74, 6) is -4.50. The monoisotopic (exact) mass is 710 g/mol. The van der Waals surface area contributed by atoms with Crippen LogP contribution in [0.2, 0.25) is 0 Å². The lowest BCUT2D eigenvalue weighted by atomic mass is 9.99. The molecule has 1 fully saturated rings. The number of nitrogens with zero attached hydrogens (tertiary/aromatic N) is 4. The molecule has 0 radical (unpaired) electrons. The highest BCUT2D eigenvalue weighted by atomic mass is 32.2. The van der Waals surface area contributed by atoms with Crippen molar-refractivity contribution in [3.63, 3.8) is 0 Å². The Balaban J connectivity index is 1.15. The van der Waals surface area contributed by atoms with Crippen molar-refractivity contribution < 1.29 is 45.9 Å². The number of carbonyl (C=O) groups is 2. The highest BCUT2D eigenvalue weighted by Crippen LogP contribution is 2.33. The van der Waals surface area contributed by atoms with E-state index in [2.05, 4.69) is 15.1 Å². The molecule has 262 valence electrons. The molecule has 1 saturated heterocycles. The minimum absolute atomic E-state index is 0.0145. The van der Waals surface area contributed by atoms with E-state index in [1.165, 1.54) is 6.20 Å². The number of rotatable bonds is 14. The fourth-order valence-electron chi connectivity index (χ4n) is 5.89. The molecule has 0 amide bonds. The van der Waals surface area contributed by atoms with Gasteiger partial charge in [-0.3, -0.25) is 13.8 Å². The second-order valence-electron chi connectivity index (χ2n) is 11.8. The van der Waals surface area contributed by atoms with Crippen LogP contribution in [0.15, 0.2) is 65.4 Å². The molecule has 2 unspecified atom stereocenters. The maximum atomic E-state index is 15.8. The molecule has 0 spiro atoms. The predicted octanol–water partition coefficient (Wildman–Crippen LogP) is 6.01. The molecule has 0 aliphatic carbocycles. The van der Waals surface area contributed by atoms with E-state index in [0.717, 1.165) is 17.1 Å². The minimum Gasteiger partial charge on any atom is -0.754 e. The van der Waals surface area contributed by atoms with E-state index in [4.69, 9.17) is 9.26 Å². The molecule has 1 aliphatic rings. The summed E-state index contributed by atoms with van der Waals surface area (Å²) in [5, 5.41) is 14.7. The number of unbranched alkanes of at least 4 members (excludes halogenated alkanes) is 1. The zero-order valence-corrected chi connectivity index (χ0v) is 27.4. The number of pyridine rings is 1. The first kappa shape index (κ1) is 34.8. The van der Waals surface area contributed by atoms with Gasteiger partial charge in [0.15, 0.2) is 11.6 Å². The Labute approximate surface area is 286 Å². The first-order chi connectivity index (χ1) is 24.0. The van der Waals surface area contributed by atoms with Crippen molar-refractivity contribution in [1.29, 1.82) is 0 Å². The summed E-state index contributed by atoms with van der Waals surface area (Å²) >= 11 is -3.08. The number of nitrogens with one attached hydrogen (secondary N) is 1. The highest BCUT2D eigenvalue weighted by Gasteiger charge is 2.32. The van der Waals surface area contributed by atoms with Gasteiger partial charge in [-0.05, 0) is 68.5 Å². The summed E-state index contributed by atoms with van der Waals surface area (Å²) < 4.78 is 80.3. The number of hydrazine groups is 1. The largest absolute Gasteiger partial charge is 0.754 e. The van der Waals surface area contributed by atoms with E-state index in [0.29, 0.717) is 58.6 Å². The number of H-pyrrole nitrogens is 1. The number of aromatic nitrogens is 3. The average molecular weight is 711 g/mol. The Morgan fingerprint density at radius 2 is 1.96 bits per heavy atom. The van der Waals surface area contributed by atoms with Crippen LogP contribution in [0.25, 0.3) is 22.2 Å². The predicted molar refractivity (Wildman–Crippen MR) is 175 cm³/mol. The molecular formula is C34H31F3N5O7S-. The zero-order chi connectivity index (χ0) is 35.5. The molecule has 2 N–H and O–H groups in total. The van der Waals surface area contributed by atoms with Crippen LogP contribution in [0.4, 0.5) is 18.9 Å². The Hall–Kier alpha value is -5.06. The first-order valence-electron chi connectivity index (χ1n) is 15.7. The minimum atomic E-state index is -3.08. The fraction of sp³-hybridized carbons (Fsp3) is 0.294. The van der Waals surface area contributed by atoms with Crippen molar-refractivity contribution in [1.82, 2.24) is 20.1 Å². The van der Waals surface area contributed by atoms with Gasteiger partial charge < -0.3 is 23.9 Å². The number of ketones is 1. The maximum Gasteiger partial charge on any atom is 0.314 e. The molecule has 6 rings (SSSR count). The van der Waals surface area contributed by atoms with Gasteiger partial charge >= 0.3 is 5.97 Å². The van der Waals surface area contributed by atoms with Gasteiger partial charge in [0.2, 0.25) is 5.78 Å². The molecule has 12 nitrogen and oxygen atoms in total. The molecule has 5 aromatic rings. The van der Waals surface area contributed by atoms with E-state index >= 15 is 8.78 Å². The van der Waals surface area contributed by atoms with Crippen molar-refractivity contribution in [3.8, 4) is 16.9 Å². The molecule has 2 aromatic carbocycles. The number of hydrogen-bond donors (Lipinski definition) is 2. The number of ether oxygens (including phenoxy) is 1. The summed E-state index contributed by atoms with van der Waals surface area (Å²) in [4.78, 5) is 32.5. The molecule has 3 aromatic heterocycles. The van der Waals surface area contributed by atoms with Crippen LogP contribution >= 0.6 is 0 Å². The van der Waals surface area contributed by atoms with Gasteiger partial charge in [0.25, 0.3) is 0 Å². The standard InChI is InChI=1S/C34H32F3N5O7S/c1-19-14-29(49-40-19)24(34(44)45)4-2-3-13-48-23-7-5-20(6-8-23)21-15-25-26(17-39-33(25)38-16-21)32(43)30-27(36)9-10-28(31(30)37)42(50(46)47)41-12-11-22(35)18-41/h5-10,14-17,22,24H,2-4,11-13,18H2,1H3,(H,38,39)(H,44,45)(H,46,47)/p-1/t22-,24?/m1/s1. The molecule has 3 atom stereocenters. The van der Waals surface area contributed by atoms with Crippen LogP contribution in [0, 0.1) is 18.6 Å². The lowest BCUT2D eigenvalue weighted by Gasteiger charge is -2.34. The maximum absolute atomic E-state index is 15.8. The smallest absolute Gasteiger partial charge is 0.314 e. The third-order valence-corrected chi connectivity index (χ3v) is 9.13. The number of fused-ring (bicyclic) bond motifs is 1. The number of halogens is 3. The SMILES string of the molecule is Cc1cc(C(CCCCOc2ccc(-c3cnc4[nH]cc(C(=O)c5c(F)ccc(N(N6CC[C@@H](F)C6)S(=O)[O-])c5F)c4c3)cc2)C(=O)O)on1. The van der Waals surface area contributed by atoms with Crippen LogP contribution in [0.3, 0.4) is 0 Å². The third kappa shape index (κ3) is 7.27. The lowest BCUT2D eigenvalue weighted by Crippen LogP contribution is -2.43. The molecule has 4 heterocycles. The van der Waals surface area contributed by atoms with Gasteiger partial charge in [0, 0.05) is 41.5 Å². The van der Waals surface area contributed by atoms with Crippen molar-refractivity contribution in [2.45, 2.75) is 44.7 Å². The van der Waals surface area contributed by atoms with Crippen molar-refractivity contribution in [2.24, 2.45) is 0 Å². The summed E-state index contributed by atoms with van der Waals surface area (Å²) in [6, 6.07) is 12.0. The number of benzene rings is 2. The highest BCUT2D eigenvalue weighted by molar-refractivity contribution is 7.80.